The molecule has 1 amide bonds. The van der Waals surface area contributed by atoms with E-state index < -0.39 is 12.0 Å². The predicted molar refractivity (Wildman–Crippen MR) is 132 cm³/mol. The summed E-state index contributed by atoms with van der Waals surface area (Å²) >= 11 is 1.44. The van der Waals surface area contributed by atoms with E-state index in [1.165, 1.54) is 11.8 Å². The molecule has 2 aliphatic rings. The largest absolute Gasteiger partial charge is 0.497 e. The smallest absolute Gasteiger partial charge is 0.338 e. The van der Waals surface area contributed by atoms with E-state index in [0.29, 0.717) is 30.2 Å². The molecule has 1 aromatic carbocycles. The van der Waals surface area contributed by atoms with E-state index in [1.807, 2.05) is 53.6 Å². The van der Waals surface area contributed by atoms with E-state index in [-0.39, 0.29) is 18.9 Å². The van der Waals surface area contributed by atoms with E-state index >= 15 is 0 Å². The van der Waals surface area contributed by atoms with Crippen molar-refractivity contribution >= 4 is 28.8 Å². The first-order valence-corrected chi connectivity index (χ1v) is 11.9. The summed E-state index contributed by atoms with van der Waals surface area (Å²) in [6, 6.07) is 7.05. The second-order valence-electron chi connectivity index (χ2n) is 8.13. The summed E-state index contributed by atoms with van der Waals surface area (Å²) in [5.41, 5.74) is 2.62. The fourth-order valence-electron chi connectivity index (χ4n) is 3.70. The maximum Gasteiger partial charge on any atom is 0.338 e. The molecule has 0 radical (unpaired) electrons. The number of benzene rings is 1. The highest BCUT2D eigenvalue weighted by molar-refractivity contribution is 8.16. The van der Waals surface area contributed by atoms with Crippen LogP contribution in [0.5, 0.6) is 5.75 Å². The molecule has 10 heteroatoms. The number of methoxy groups -OCH3 is 2. The summed E-state index contributed by atoms with van der Waals surface area (Å²) in [6.45, 7) is 3.55. The summed E-state index contributed by atoms with van der Waals surface area (Å²) in [4.78, 5) is 34.5. The zero-order valence-electron chi connectivity index (χ0n) is 20.3. The lowest BCUT2D eigenvalue weighted by Gasteiger charge is -2.36. The average Bonchev–Trinajstić information content (AvgIpc) is 3.19. The van der Waals surface area contributed by atoms with Crippen molar-refractivity contribution in [2.24, 2.45) is 4.99 Å². The number of rotatable bonds is 11. The summed E-state index contributed by atoms with van der Waals surface area (Å²) in [6.07, 6.45) is 0.172. The Morgan fingerprint density at radius 2 is 2.03 bits per heavy atom. The van der Waals surface area contributed by atoms with Crippen LogP contribution < -0.4 is 10.1 Å². The number of nitrogens with zero attached hydrogens (tertiary/aromatic N) is 3. The summed E-state index contributed by atoms with van der Waals surface area (Å²) in [7, 11) is 7.07. The molecule has 1 N–H and O–H groups in total. The van der Waals surface area contributed by atoms with Crippen LogP contribution in [0.15, 0.2) is 51.6 Å². The molecule has 34 heavy (non-hydrogen) atoms. The van der Waals surface area contributed by atoms with Crippen molar-refractivity contribution in [1.29, 1.82) is 0 Å². The van der Waals surface area contributed by atoms with E-state index in [0.717, 1.165) is 23.0 Å². The average molecular weight is 489 g/mol. The third kappa shape index (κ3) is 6.19. The highest BCUT2D eigenvalue weighted by Crippen LogP contribution is 2.45. The molecule has 0 spiro atoms. The van der Waals surface area contributed by atoms with Crippen LogP contribution in [0.4, 0.5) is 0 Å². The molecular formula is C24H32N4O5S. The monoisotopic (exact) mass is 488 g/mol. The lowest BCUT2D eigenvalue weighted by molar-refractivity contribution is -0.141. The highest BCUT2D eigenvalue weighted by atomic mass is 32.2. The van der Waals surface area contributed by atoms with E-state index in [9.17, 15) is 9.59 Å². The van der Waals surface area contributed by atoms with Gasteiger partial charge in [0.2, 0.25) is 5.91 Å². The standard InChI is InChI=1S/C24H32N4O5S/c1-16-21(23(30)33-12-11-31-4)22(17-7-6-8-19(13-17)32-5)28-18(15-34-24(28)26-16)14-20(29)25-9-10-27(2)3/h6-8,13,15,22H,9-12,14H2,1-5H3,(H,25,29). The van der Waals surface area contributed by atoms with Crippen molar-refractivity contribution < 1.29 is 23.8 Å². The van der Waals surface area contributed by atoms with Crippen LogP contribution >= 0.6 is 11.8 Å². The molecule has 0 saturated carbocycles. The fourth-order valence-corrected chi connectivity index (χ4v) is 4.66. The van der Waals surface area contributed by atoms with Crippen LogP contribution in [0.3, 0.4) is 0 Å². The molecular weight excluding hydrogens is 456 g/mol. The van der Waals surface area contributed by atoms with Gasteiger partial charge in [0.25, 0.3) is 0 Å². The second kappa shape index (κ2) is 12.0. The third-order valence-corrected chi connectivity index (χ3v) is 6.26. The Morgan fingerprint density at radius 1 is 1.24 bits per heavy atom. The zero-order chi connectivity index (χ0) is 24.7. The molecule has 0 saturated heterocycles. The number of amides is 1. The maximum atomic E-state index is 13.2. The van der Waals surface area contributed by atoms with Gasteiger partial charge in [0, 0.05) is 25.9 Å². The molecule has 0 bridgehead atoms. The maximum absolute atomic E-state index is 13.2. The molecule has 2 aliphatic heterocycles. The third-order valence-electron chi connectivity index (χ3n) is 5.37. The first kappa shape index (κ1) is 25.8. The number of hydrogen-bond acceptors (Lipinski definition) is 9. The Labute approximate surface area is 204 Å². The SMILES string of the molecule is COCCOC(=O)C1=C(C)N=C2SC=C(CC(=O)NCCN(C)C)N2C1c1cccc(OC)c1. The number of esters is 1. The Bertz CT molecular complexity index is 1000. The normalized spacial score (nSPS) is 17.4. The Hall–Kier alpha value is -2.82. The summed E-state index contributed by atoms with van der Waals surface area (Å²) in [5.74, 6) is 0.122. The number of carbonyl (C=O) groups excluding carboxylic acids is 2. The van der Waals surface area contributed by atoms with Gasteiger partial charge in [0.05, 0.1) is 37.4 Å². The predicted octanol–water partition coefficient (Wildman–Crippen LogP) is 2.53. The van der Waals surface area contributed by atoms with Gasteiger partial charge in [-0.1, -0.05) is 23.9 Å². The number of thioether (sulfide) groups is 1. The minimum atomic E-state index is -0.506. The van der Waals surface area contributed by atoms with E-state index in [2.05, 4.69) is 10.3 Å². The second-order valence-corrected chi connectivity index (χ2v) is 8.96. The molecule has 3 rings (SSSR count). The van der Waals surface area contributed by atoms with Gasteiger partial charge < -0.3 is 29.3 Å². The number of carbonyl (C=O) groups is 2. The minimum absolute atomic E-state index is 0.0881. The number of fused-ring (bicyclic) bond motifs is 1. The van der Waals surface area contributed by atoms with Gasteiger partial charge >= 0.3 is 5.97 Å². The number of nitrogens with one attached hydrogen (secondary N) is 1. The van der Waals surface area contributed by atoms with Gasteiger partial charge in [-0.05, 0) is 44.1 Å². The van der Waals surface area contributed by atoms with Gasteiger partial charge in [-0.15, -0.1) is 0 Å². The van der Waals surface area contributed by atoms with Crippen LogP contribution in [0.1, 0.15) is 24.9 Å². The molecule has 1 atom stereocenters. The quantitative estimate of drug-likeness (QED) is 0.375. The van der Waals surface area contributed by atoms with Crippen LogP contribution in [0.2, 0.25) is 0 Å². The van der Waals surface area contributed by atoms with Crippen molar-refractivity contribution in [2.75, 3.05) is 54.6 Å². The molecule has 1 unspecified atom stereocenters. The first-order chi connectivity index (χ1) is 16.3. The van der Waals surface area contributed by atoms with Crippen molar-refractivity contribution in [3.05, 3.63) is 52.2 Å². The zero-order valence-corrected chi connectivity index (χ0v) is 21.1. The van der Waals surface area contributed by atoms with Crippen LogP contribution in [-0.2, 0) is 19.1 Å². The molecule has 0 aromatic heterocycles. The van der Waals surface area contributed by atoms with Crippen molar-refractivity contribution in [2.45, 2.75) is 19.4 Å². The number of amidine groups is 1. The number of likely N-dealkylation sites (N-methyl/N-ethyl adjacent to an activating group) is 1. The van der Waals surface area contributed by atoms with Gasteiger partial charge in [-0.3, -0.25) is 4.79 Å². The first-order valence-electron chi connectivity index (χ1n) is 11.0. The van der Waals surface area contributed by atoms with E-state index in [1.54, 1.807) is 21.1 Å². The van der Waals surface area contributed by atoms with Gasteiger partial charge in [0.15, 0.2) is 5.17 Å². The van der Waals surface area contributed by atoms with Gasteiger partial charge in [0.1, 0.15) is 12.4 Å². The summed E-state index contributed by atoms with van der Waals surface area (Å²) in [5, 5.41) is 5.59. The summed E-state index contributed by atoms with van der Waals surface area (Å²) < 4.78 is 15.9. The van der Waals surface area contributed by atoms with Crippen LogP contribution in [-0.4, -0.2) is 81.5 Å². The van der Waals surface area contributed by atoms with Crippen molar-refractivity contribution in [1.82, 2.24) is 15.1 Å². The molecule has 2 heterocycles. The Morgan fingerprint density at radius 3 is 2.74 bits per heavy atom. The lowest BCUT2D eigenvalue weighted by Crippen LogP contribution is -2.38. The van der Waals surface area contributed by atoms with E-state index in [4.69, 9.17) is 14.2 Å². The number of aliphatic imine (C=N–C) groups is 1. The number of hydrogen-bond donors (Lipinski definition) is 1. The minimum Gasteiger partial charge on any atom is -0.497 e. The number of allylic oxidation sites excluding steroid dienone is 1. The Balaban J connectivity index is 1.92. The van der Waals surface area contributed by atoms with Crippen LogP contribution in [0, 0.1) is 0 Å². The van der Waals surface area contributed by atoms with Gasteiger partial charge in [-0.2, -0.15) is 0 Å². The topological polar surface area (TPSA) is 92.7 Å². The number of ether oxygens (including phenoxy) is 3. The van der Waals surface area contributed by atoms with Crippen molar-refractivity contribution in [3.8, 4) is 5.75 Å². The molecule has 9 nitrogen and oxygen atoms in total. The van der Waals surface area contributed by atoms with Crippen LogP contribution in [0.25, 0.3) is 0 Å². The molecule has 184 valence electrons. The fraction of sp³-hybridized carbons (Fsp3) is 0.458. The van der Waals surface area contributed by atoms with Crippen molar-refractivity contribution in [3.63, 3.8) is 0 Å². The molecule has 0 fully saturated rings. The molecule has 1 aromatic rings. The molecule has 0 aliphatic carbocycles. The lowest BCUT2D eigenvalue weighted by atomic mass is 9.93. The van der Waals surface area contributed by atoms with Gasteiger partial charge in [-0.25, -0.2) is 9.79 Å². The highest BCUT2D eigenvalue weighted by Gasteiger charge is 2.41. The Kier molecular flexibility index (Phi) is 9.14.